The maximum Gasteiger partial charge on any atom is 0.0940 e. The maximum atomic E-state index is 4.37. The highest BCUT2D eigenvalue weighted by Gasteiger charge is 2.10. The number of hydrogen-bond acceptors (Lipinski definition) is 3. The predicted octanol–water partition coefficient (Wildman–Crippen LogP) is 3.67. The summed E-state index contributed by atoms with van der Waals surface area (Å²) in [5.41, 5.74) is 1.37. The highest BCUT2D eigenvalue weighted by Crippen LogP contribution is 2.18. The molecule has 2 nitrogen and oxygen atoms in total. The van der Waals surface area contributed by atoms with Crippen molar-refractivity contribution in [2.45, 2.75) is 18.9 Å². The Morgan fingerprint density at radius 3 is 2.70 bits per heavy atom. The normalized spacial score (nSPS) is 12.7. The molecule has 0 bridgehead atoms. The Bertz CT molecular complexity index is 676. The molecule has 0 aliphatic rings. The van der Waals surface area contributed by atoms with Crippen LogP contribution in [-0.4, -0.2) is 18.1 Å². The molecule has 1 heterocycles. The highest BCUT2D eigenvalue weighted by atomic mass is 32.1. The van der Waals surface area contributed by atoms with Crippen molar-refractivity contribution in [3.05, 3.63) is 64.6 Å². The average Bonchev–Trinajstić information content (AvgIpc) is 2.99. The molecular weight excluding hydrogens is 264 g/mol. The van der Waals surface area contributed by atoms with Crippen LogP contribution in [0.4, 0.5) is 0 Å². The molecule has 20 heavy (non-hydrogen) atoms. The Balaban J connectivity index is 1.76. The van der Waals surface area contributed by atoms with Crippen molar-refractivity contribution in [3.63, 3.8) is 0 Å². The van der Waals surface area contributed by atoms with Gasteiger partial charge in [0.05, 0.1) is 5.01 Å². The molecule has 1 aromatic heterocycles. The summed E-state index contributed by atoms with van der Waals surface area (Å²) in [6, 6.07) is 15.7. The molecule has 3 rings (SSSR count). The fourth-order valence-corrected chi connectivity index (χ4v) is 3.19. The van der Waals surface area contributed by atoms with E-state index in [9.17, 15) is 0 Å². The van der Waals surface area contributed by atoms with Crippen molar-refractivity contribution in [2.75, 3.05) is 7.05 Å². The van der Waals surface area contributed by atoms with Gasteiger partial charge in [0, 0.05) is 24.0 Å². The van der Waals surface area contributed by atoms with Crippen molar-refractivity contribution in [3.8, 4) is 0 Å². The third-order valence-corrected chi connectivity index (χ3v) is 4.41. The maximum absolute atomic E-state index is 4.37. The first-order valence-corrected chi connectivity index (χ1v) is 7.76. The number of thiazole rings is 1. The Kier molecular flexibility index (Phi) is 4.09. The van der Waals surface area contributed by atoms with Crippen molar-refractivity contribution < 1.29 is 0 Å². The predicted molar refractivity (Wildman–Crippen MR) is 86.3 cm³/mol. The van der Waals surface area contributed by atoms with Gasteiger partial charge in [-0.05, 0) is 29.8 Å². The number of nitrogens with one attached hydrogen (secondary N) is 1. The largest absolute Gasteiger partial charge is 0.316 e. The van der Waals surface area contributed by atoms with Gasteiger partial charge in [-0.2, -0.15) is 0 Å². The van der Waals surface area contributed by atoms with Crippen molar-refractivity contribution in [1.82, 2.24) is 10.3 Å². The van der Waals surface area contributed by atoms with Gasteiger partial charge in [0.25, 0.3) is 0 Å². The molecule has 3 aromatic rings. The van der Waals surface area contributed by atoms with E-state index in [1.165, 1.54) is 21.3 Å². The summed E-state index contributed by atoms with van der Waals surface area (Å²) >= 11 is 1.73. The Hall–Kier alpha value is -1.71. The molecule has 0 fully saturated rings. The smallest absolute Gasteiger partial charge is 0.0940 e. The second-order valence-electron chi connectivity index (χ2n) is 5.00. The van der Waals surface area contributed by atoms with E-state index >= 15 is 0 Å². The molecule has 102 valence electrons. The van der Waals surface area contributed by atoms with Gasteiger partial charge < -0.3 is 5.32 Å². The summed E-state index contributed by atoms with van der Waals surface area (Å²) in [6.07, 6.45) is 3.89. The quantitative estimate of drug-likeness (QED) is 0.772. The van der Waals surface area contributed by atoms with Crippen LogP contribution < -0.4 is 5.32 Å². The first-order valence-electron chi connectivity index (χ1n) is 6.88. The van der Waals surface area contributed by atoms with E-state index < -0.39 is 0 Å². The standard InChI is InChI=1S/C17H18N2S/c1-18-16(12-17-19-8-9-20-17)11-13-6-7-14-4-2-3-5-15(14)10-13/h2-10,16,18H,11-12H2,1H3. The fourth-order valence-electron chi connectivity index (χ4n) is 2.49. The highest BCUT2D eigenvalue weighted by molar-refractivity contribution is 7.09. The summed E-state index contributed by atoms with van der Waals surface area (Å²) in [7, 11) is 2.03. The topological polar surface area (TPSA) is 24.9 Å². The van der Waals surface area contributed by atoms with Crippen LogP contribution in [-0.2, 0) is 12.8 Å². The van der Waals surface area contributed by atoms with Gasteiger partial charge in [0.15, 0.2) is 0 Å². The van der Waals surface area contributed by atoms with E-state index in [0.717, 1.165) is 12.8 Å². The first-order chi connectivity index (χ1) is 9.85. The summed E-state index contributed by atoms with van der Waals surface area (Å²) < 4.78 is 0. The molecule has 3 heteroatoms. The van der Waals surface area contributed by atoms with E-state index in [2.05, 4.69) is 52.8 Å². The van der Waals surface area contributed by atoms with Crippen molar-refractivity contribution in [1.29, 1.82) is 0 Å². The zero-order valence-corrected chi connectivity index (χ0v) is 12.4. The molecule has 0 radical (unpaired) electrons. The number of rotatable bonds is 5. The van der Waals surface area contributed by atoms with Crippen LogP contribution in [0, 0.1) is 0 Å². The van der Waals surface area contributed by atoms with Gasteiger partial charge in [-0.15, -0.1) is 11.3 Å². The van der Waals surface area contributed by atoms with Gasteiger partial charge in [0.1, 0.15) is 0 Å². The molecule has 0 spiro atoms. The third-order valence-electron chi connectivity index (χ3n) is 3.61. The zero-order valence-electron chi connectivity index (χ0n) is 11.5. The molecule has 0 saturated carbocycles. The lowest BCUT2D eigenvalue weighted by Crippen LogP contribution is -2.29. The molecule has 0 amide bonds. The molecule has 2 aromatic carbocycles. The lowest BCUT2D eigenvalue weighted by Gasteiger charge is -2.15. The van der Waals surface area contributed by atoms with E-state index in [-0.39, 0.29) is 0 Å². The number of aromatic nitrogens is 1. The number of likely N-dealkylation sites (N-methyl/N-ethyl adjacent to an activating group) is 1. The third kappa shape index (κ3) is 3.06. The monoisotopic (exact) mass is 282 g/mol. The van der Waals surface area contributed by atoms with Crippen LogP contribution in [0.15, 0.2) is 54.0 Å². The molecule has 1 N–H and O–H groups in total. The summed E-state index contributed by atoms with van der Waals surface area (Å²) in [4.78, 5) is 4.37. The number of hydrogen-bond donors (Lipinski definition) is 1. The van der Waals surface area contributed by atoms with E-state index in [1.807, 2.05) is 18.6 Å². The summed E-state index contributed by atoms with van der Waals surface area (Å²) in [5.74, 6) is 0. The van der Waals surface area contributed by atoms with Crippen LogP contribution in [0.25, 0.3) is 10.8 Å². The minimum absolute atomic E-state index is 0.433. The second-order valence-corrected chi connectivity index (χ2v) is 5.98. The van der Waals surface area contributed by atoms with Gasteiger partial charge >= 0.3 is 0 Å². The van der Waals surface area contributed by atoms with Crippen molar-refractivity contribution >= 4 is 22.1 Å². The van der Waals surface area contributed by atoms with Crippen LogP contribution in [0.3, 0.4) is 0 Å². The fraction of sp³-hybridized carbons (Fsp3) is 0.235. The molecular formula is C17H18N2S. The summed E-state index contributed by atoms with van der Waals surface area (Å²) in [5, 5.41) is 9.26. The van der Waals surface area contributed by atoms with Gasteiger partial charge in [-0.1, -0.05) is 42.5 Å². The van der Waals surface area contributed by atoms with E-state index in [1.54, 1.807) is 11.3 Å². The van der Waals surface area contributed by atoms with Crippen LogP contribution >= 0.6 is 11.3 Å². The minimum Gasteiger partial charge on any atom is -0.316 e. The van der Waals surface area contributed by atoms with Gasteiger partial charge in [-0.3, -0.25) is 0 Å². The molecule has 1 atom stereocenters. The van der Waals surface area contributed by atoms with Crippen LogP contribution in [0.2, 0.25) is 0 Å². The summed E-state index contributed by atoms with van der Waals surface area (Å²) in [6.45, 7) is 0. The van der Waals surface area contributed by atoms with Crippen LogP contribution in [0.1, 0.15) is 10.6 Å². The van der Waals surface area contributed by atoms with E-state index in [0.29, 0.717) is 6.04 Å². The SMILES string of the molecule is CNC(Cc1ccc2ccccc2c1)Cc1nccs1. The Morgan fingerprint density at radius 1 is 1.10 bits per heavy atom. The molecule has 0 saturated heterocycles. The number of benzene rings is 2. The van der Waals surface area contributed by atoms with Crippen molar-refractivity contribution in [2.24, 2.45) is 0 Å². The van der Waals surface area contributed by atoms with Crippen LogP contribution in [0.5, 0.6) is 0 Å². The van der Waals surface area contributed by atoms with Gasteiger partial charge in [0.2, 0.25) is 0 Å². The minimum atomic E-state index is 0.433. The lowest BCUT2D eigenvalue weighted by molar-refractivity contribution is 0.555. The average molecular weight is 282 g/mol. The Morgan fingerprint density at radius 2 is 1.95 bits per heavy atom. The molecule has 0 aliphatic heterocycles. The second kappa shape index (κ2) is 6.16. The molecule has 1 unspecified atom stereocenters. The molecule has 0 aliphatic carbocycles. The Labute approximate surface area is 123 Å². The zero-order chi connectivity index (χ0) is 13.8. The van der Waals surface area contributed by atoms with Gasteiger partial charge in [-0.25, -0.2) is 4.98 Å². The lowest BCUT2D eigenvalue weighted by atomic mass is 10.0. The number of fused-ring (bicyclic) bond motifs is 1. The number of nitrogens with zero attached hydrogens (tertiary/aromatic N) is 1. The van der Waals surface area contributed by atoms with E-state index in [4.69, 9.17) is 0 Å². The first kappa shape index (κ1) is 13.3.